The minimum Gasteiger partial charge on any atom is -0.484 e. The van der Waals surface area contributed by atoms with E-state index >= 15 is 0 Å². The van der Waals surface area contributed by atoms with Gasteiger partial charge in [-0.25, -0.2) is 9.50 Å². The predicted molar refractivity (Wildman–Crippen MR) is 134 cm³/mol. The number of hydrogen-bond acceptors (Lipinski definition) is 5. The number of aryl methyl sites for hydroxylation is 2. The van der Waals surface area contributed by atoms with Gasteiger partial charge in [-0.05, 0) is 50.8 Å². The number of piperidine rings is 1. The molecule has 0 atom stereocenters. The van der Waals surface area contributed by atoms with Gasteiger partial charge in [-0.2, -0.15) is 5.10 Å². The van der Waals surface area contributed by atoms with Crippen molar-refractivity contribution < 1.29 is 14.3 Å². The molecule has 1 aromatic carbocycles. The average Bonchev–Trinajstić information content (AvgIpc) is 3.31. The van der Waals surface area contributed by atoms with E-state index in [4.69, 9.17) is 14.8 Å². The molecule has 3 heterocycles. The molecule has 8 nitrogen and oxygen atoms in total. The quantitative estimate of drug-likeness (QED) is 0.480. The van der Waals surface area contributed by atoms with Gasteiger partial charge in [-0.1, -0.05) is 24.3 Å². The molecule has 1 saturated heterocycles. The molecule has 1 N–H and O–H groups in total. The molecule has 0 spiro atoms. The standard InChI is InChI=1S/C27H33N5O3/c1-4-14-28-26(33)11-10-23-19(2)29-25-17-24(30-32(25)20(23)3)21-12-15-31(16-13-21)27(34)18-35-22-8-6-5-7-9-22/h4-9,17,21H,1,10-16,18H2,2-3H3,(H,28,33). The molecule has 0 bridgehead atoms. The number of carbonyl (C=O) groups excluding carboxylic acids is 2. The molecule has 0 unspecified atom stereocenters. The smallest absolute Gasteiger partial charge is 0.260 e. The molecule has 2 aromatic heterocycles. The second kappa shape index (κ2) is 11.2. The monoisotopic (exact) mass is 475 g/mol. The lowest BCUT2D eigenvalue weighted by Gasteiger charge is -2.31. The van der Waals surface area contributed by atoms with Crippen LogP contribution in [0, 0.1) is 13.8 Å². The second-order valence-electron chi connectivity index (χ2n) is 8.95. The summed E-state index contributed by atoms with van der Waals surface area (Å²) >= 11 is 0. The van der Waals surface area contributed by atoms with Crippen LogP contribution in [0.5, 0.6) is 5.75 Å². The van der Waals surface area contributed by atoms with Crippen molar-refractivity contribution >= 4 is 17.5 Å². The van der Waals surface area contributed by atoms with Crippen LogP contribution in [0.1, 0.15) is 47.8 Å². The molecule has 1 aliphatic heterocycles. The third-order valence-corrected chi connectivity index (χ3v) is 6.60. The first-order valence-electron chi connectivity index (χ1n) is 12.1. The molecular weight excluding hydrogens is 442 g/mol. The Labute approximate surface area is 206 Å². The molecule has 2 amide bonds. The van der Waals surface area contributed by atoms with Gasteiger partial charge in [0, 0.05) is 49.4 Å². The van der Waals surface area contributed by atoms with Crippen molar-refractivity contribution in [2.75, 3.05) is 26.2 Å². The molecule has 4 rings (SSSR count). The summed E-state index contributed by atoms with van der Waals surface area (Å²) in [6, 6.07) is 11.5. The number of hydrogen-bond donors (Lipinski definition) is 1. The van der Waals surface area contributed by atoms with Crippen LogP contribution < -0.4 is 10.1 Å². The molecular formula is C27H33N5O3. The summed E-state index contributed by atoms with van der Waals surface area (Å²) in [7, 11) is 0. The van der Waals surface area contributed by atoms with Crippen LogP contribution in [-0.2, 0) is 16.0 Å². The SMILES string of the molecule is C=CCNC(=O)CCc1c(C)nc2cc(C3CCN(C(=O)COc4ccccc4)CC3)nn2c1C. The van der Waals surface area contributed by atoms with Crippen molar-refractivity contribution in [3.8, 4) is 5.75 Å². The number of aromatic nitrogens is 3. The maximum atomic E-state index is 12.6. The topological polar surface area (TPSA) is 88.8 Å². The number of ether oxygens (including phenoxy) is 1. The van der Waals surface area contributed by atoms with Crippen molar-refractivity contribution in [3.63, 3.8) is 0 Å². The summed E-state index contributed by atoms with van der Waals surface area (Å²) in [6.07, 6.45) is 4.40. The third-order valence-electron chi connectivity index (χ3n) is 6.60. The van der Waals surface area contributed by atoms with Crippen molar-refractivity contribution in [2.45, 2.75) is 45.4 Å². The first kappa shape index (κ1) is 24.4. The first-order chi connectivity index (χ1) is 17.0. The summed E-state index contributed by atoms with van der Waals surface area (Å²) < 4.78 is 7.51. The zero-order valence-corrected chi connectivity index (χ0v) is 20.5. The fraction of sp³-hybridized carbons (Fsp3) is 0.407. The molecule has 3 aromatic rings. The normalized spacial score (nSPS) is 14.2. The molecule has 1 fully saturated rings. The van der Waals surface area contributed by atoms with E-state index in [1.165, 1.54) is 0 Å². The van der Waals surface area contributed by atoms with Crippen molar-refractivity contribution in [1.29, 1.82) is 0 Å². The lowest BCUT2D eigenvalue weighted by molar-refractivity contribution is -0.134. The highest BCUT2D eigenvalue weighted by Gasteiger charge is 2.26. The Kier molecular flexibility index (Phi) is 7.80. The van der Waals surface area contributed by atoms with E-state index in [1.54, 1.807) is 6.08 Å². The first-order valence-corrected chi connectivity index (χ1v) is 12.1. The minimum absolute atomic E-state index is 0.000395. The van der Waals surface area contributed by atoms with Gasteiger partial charge < -0.3 is 15.0 Å². The third kappa shape index (κ3) is 5.88. The second-order valence-corrected chi connectivity index (χ2v) is 8.95. The number of likely N-dealkylation sites (tertiary alicyclic amines) is 1. The summed E-state index contributed by atoms with van der Waals surface area (Å²) in [5, 5.41) is 7.69. The highest BCUT2D eigenvalue weighted by atomic mass is 16.5. The van der Waals surface area contributed by atoms with Gasteiger partial charge in [0.05, 0.1) is 5.69 Å². The van der Waals surface area contributed by atoms with Crippen LogP contribution in [0.4, 0.5) is 0 Å². The summed E-state index contributed by atoms with van der Waals surface area (Å²) in [4.78, 5) is 31.2. The number of fused-ring (bicyclic) bond motifs is 1. The zero-order valence-electron chi connectivity index (χ0n) is 20.5. The number of benzene rings is 1. The zero-order chi connectivity index (χ0) is 24.8. The van der Waals surface area contributed by atoms with Gasteiger partial charge in [0.25, 0.3) is 5.91 Å². The van der Waals surface area contributed by atoms with Gasteiger partial charge in [-0.15, -0.1) is 6.58 Å². The van der Waals surface area contributed by atoms with Crippen LogP contribution in [0.15, 0.2) is 49.1 Å². The van der Waals surface area contributed by atoms with Crippen molar-refractivity contribution in [2.24, 2.45) is 0 Å². The van der Waals surface area contributed by atoms with Crippen molar-refractivity contribution in [1.82, 2.24) is 24.8 Å². The van der Waals surface area contributed by atoms with Gasteiger partial charge in [-0.3, -0.25) is 9.59 Å². The van der Waals surface area contributed by atoms with E-state index < -0.39 is 0 Å². The number of nitrogens with zero attached hydrogens (tertiary/aromatic N) is 4. The maximum absolute atomic E-state index is 12.6. The molecule has 0 saturated carbocycles. The van der Waals surface area contributed by atoms with Crippen molar-refractivity contribution in [3.05, 3.63) is 71.7 Å². The van der Waals surface area contributed by atoms with Crippen LogP contribution in [0.2, 0.25) is 0 Å². The molecule has 0 aliphatic carbocycles. The van der Waals surface area contributed by atoms with Crippen LogP contribution in [-0.4, -0.2) is 57.6 Å². The molecule has 184 valence electrons. The summed E-state index contributed by atoms with van der Waals surface area (Å²) in [5.41, 5.74) is 4.83. The van der Waals surface area contributed by atoms with Crippen LogP contribution in [0.3, 0.4) is 0 Å². The highest BCUT2D eigenvalue weighted by molar-refractivity contribution is 5.78. The number of nitrogens with one attached hydrogen (secondary N) is 1. The Balaban J connectivity index is 1.37. The Morgan fingerprint density at radius 1 is 1.20 bits per heavy atom. The molecule has 35 heavy (non-hydrogen) atoms. The minimum atomic E-state index is 0.000395. The lowest BCUT2D eigenvalue weighted by Crippen LogP contribution is -2.40. The maximum Gasteiger partial charge on any atom is 0.260 e. The molecule has 0 radical (unpaired) electrons. The Morgan fingerprint density at radius 2 is 1.94 bits per heavy atom. The number of carbonyl (C=O) groups is 2. The van der Waals surface area contributed by atoms with E-state index in [0.717, 1.165) is 41.1 Å². The van der Waals surface area contributed by atoms with E-state index in [2.05, 4.69) is 18.0 Å². The average molecular weight is 476 g/mol. The Bertz CT molecular complexity index is 1200. The Morgan fingerprint density at radius 3 is 2.66 bits per heavy atom. The fourth-order valence-corrected chi connectivity index (χ4v) is 4.60. The van der Waals surface area contributed by atoms with E-state index in [-0.39, 0.29) is 24.3 Å². The number of rotatable bonds is 9. The van der Waals surface area contributed by atoms with Crippen LogP contribution in [0.25, 0.3) is 5.65 Å². The van der Waals surface area contributed by atoms with Gasteiger partial charge in [0.15, 0.2) is 12.3 Å². The fourth-order valence-electron chi connectivity index (χ4n) is 4.60. The van der Waals surface area contributed by atoms with E-state index in [9.17, 15) is 9.59 Å². The van der Waals surface area contributed by atoms with Gasteiger partial charge in [0.1, 0.15) is 5.75 Å². The lowest BCUT2D eigenvalue weighted by atomic mass is 9.93. The summed E-state index contributed by atoms with van der Waals surface area (Å²) in [6.45, 7) is 9.54. The molecule has 1 aliphatic rings. The largest absolute Gasteiger partial charge is 0.484 e. The van der Waals surface area contributed by atoms with E-state index in [1.807, 2.05) is 53.6 Å². The van der Waals surface area contributed by atoms with Crippen LogP contribution >= 0.6 is 0 Å². The van der Waals surface area contributed by atoms with Gasteiger partial charge >= 0.3 is 0 Å². The summed E-state index contributed by atoms with van der Waals surface area (Å²) in [5.74, 6) is 0.997. The van der Waals surface area contributed by atoms with Gasteiger partial charge in [0.2, 0.25) is 5.91 Å². The molecule has 8 heteroatoms. The predicted octanol–water partition coefficient (Wildman–Crippen LogP) is 3.37. The van der Waals surface area contributed by atoms with E-state index in [0.29, 0.717) is 38.2 Å². The Hall–Kier alpha value is -3.68. The highest BCUT2D eigenvalue weighted by Crippen LogP contribution is 2.29. The number of amides is 2. The number of para-hydroxylation sites is 1.